The first-order chi connectivity index (χ1) is 10.3. The van der Waals surface area contributed by atoms with E-state index in [0.29, 0.717) is 0 Å². The quantitative estimate of drug-likeness (QED) is 0.781. The van der Waals surface area contributed by atoms with E-state index in [1.54, 1.807) is 0 Å². The molecule has 2 heterocycles. The number of nitrogens with zero attached hydrogens (tertiary/aromatic N) is 4. The Morgan fingerprint density at radius 3 is 2.38 bits per heavy atom. The van der Waals surface area contributed by atoms with Crippen LogP contribution < -0.4 is 10.2 Å². The number of hydrogen-bond acceptors (Lipinski definition) is 5. The number of aryl methyl sites for hydroxylation is 2. The van der Waals surface area contributed by atoms with E-state index in [4.69, 9.17) is 4.98 Å². The van der Waals surface area contributed by atoms with Crippen molar-refractivity contribution >= 4 is 5.95 Å². The van der Waals surface area contributed by atoms with E-state index < -0.39 is 0 Å². The minimum absolute atomic E-state index is 0.793. The molecular formula is C16H29N5. The highest BCUT2D eigenvalue weighted by atomic mass is 15.3. The molecule has 5 nitrogen and oxygen atoms in total. The molecule has 1 fully saturated rings. The second-order valence-corrected chi connectivity index (χ2v) is 5.85. The van der Waals surface area contributed by atoms with Crippen LogP contribution in [0.1, 0.15) is 51.4 Å². The molecule has 1 aromatic rings. The topological polar surface area (TPSA) is 53.9 Å². The highest BCUT2D eigenvalue weighted by Gasteiger charge is 2.21. The number of piperidine rings is 1. The zero-order chi connectivity index (χ0) is 15.1. The predicted octanol–water partition coefficient (Wildman–Crippen LogP) is 2.21. The van der Waals surface area contributed by atoms with E-state index in [0.717, 1.165) is 62.3 Å². The van der Waals surface area contributed by atoms with Crippen molar-refractivity contribution in [3.05, 3.63) is 11.4 Å². The summed E-state index contributed by atoms with van der Waals surface area (Å²) in [6.07, 6.45) is 5.49. The van der Waals surface area contributed by atoms with Crippen molar-refractivity contribution < 1.29 is 0 Å². The van der Waals surface area contributed by atoms with Gasteiger partial charge in [0.25, 0.3) is 0 Å². The second-order valence-electron chi connectivity index (χ2n) is 5.85. The molecule has 1 aromatic heterocycles. The summed E-state index contributed by atoms with van der Waals surface area (Å²) in [6, 6.07) is 0. The fraction of sp³-hybridized carbons (Fsp3) is 0.812. The van der Waals surface area contributed by atoms with Crippen LogP contribution in [0.3, 0.4) is 0 Å². The molecule has 0 atom stereocenters. The lowest BCUT2D eigenvalue weighted by molar-refractivity contribution is 0.380. The smallest absolute Gasteiger partial charge is 0.245 e. The zero-order valence-corrected chi connectivity index (χ0v) is 13.7. The molecule has 0 aliphatic carbocycles. The third-order valence-electron chi connectivity index (χ3n) is 4.26. The van der Waals surface area contributed by atoms with Crippen LogP contribution in [0.5, 0.6) is 0 Å². The molecule has 0 saturated carbocycles. The number of hydrogen-bond donors (Lipinski definition) is 1. The Morgan fingerprint density at radius 1 is 1.05 bits per heavy atom. The van der Waals surface area contributed by atoms with Crippen LogP contribution in [-0.4, -0.2) is 41.4 Å². The standard InChI is InChI=1S/C16H29N5/c1-4-9-17-12-13-7-10-21(11-8-13)16-18-14(5-2)15(6-3)19-20-16/h13,17H,4-12H2,1-3H3. The van der Waals surface area contributed by atoms with E-state index in [9.17, 15) is 0 Å². The van der Waals surface area contributed by atoms with Crippen LogP contribution in [0.4, 0.5) is 5.95 Å². The van der Waals surface area contributed by atoms with E-state index >= 15 is 0 Å². The normalized spacial score (nSPS) is 16.4. The zero-order valence-electron chi connectivity index (χ0n) is 13.7. The van der Waals surface area contributed by atoms with Crippen LogP contribution in [0.15, 0.2) is 0 Å². The van der Waals surface area contributed by atoms with Gasteiger partial charge >= 0.3 is 0 Å². The number of aromatic nitrogens is 3. The van der Waals surface area contributed by atoms with Crippen molar-refractivity contribution in [2.24, 2.45) is 5.92 Å². The summed E-state index contributed by atoms with van der Waals surface area (Å²) in [5.41, 5.74) is 2.15. The average Bonchev–Trinajstić information content (AvgIpc) is 2.55. The van der Waals surface area contributed by atoms with Gasteiger partial charge in [-0.3, -0.25) is 0 Å². The Bertz CT molecular complexity index is 427. The van der Waals surface area contributed by atoms with Gasteiger partial charge in [0.15, 0.2) is 0 Å². The van der Waals surface area contributed by atoms with Gasteiger partial charge in [-0.2, -0.15) is 5.10 Å². The lowest BCUT2D eigenvalue weighted by Gasteiger charge is -2.32. The van der Waals surface area contributed by atoms with Gasteiger partial charge in [-0.1, -0.05) is 20.8 Å². The number of rotatable bonds is 7. The maximum Gasteiger partial charge on any atom is 0.245 e. The van der Waals surface area contributed by atoms with Gasteiger partial charge in [0.05, 0.1) is 11.4 Å². The SMILES string of the molecule is CCCNCC1CCN(c2nnc(CC)c(CC)n2)CC1. The van der Waals surface area contributed by atoms with E-state index in [-0.39, 0.29) is 0 Å². The van der Waals surface area contributed by atoms with Gasteiger partial charge in [0.2, 0.25) is 5.95 Å². The maximum absolute atomic E-state index is 4.72. The molecule has 118 valence electrons. The summed E-state index contributed by atoms with van der Waals surface area (Å²) < 4.78 is 0. The minimum atomic E-state index is 0.793. The van der Waals surface area contributed by atoms with Crippen molar-refractivity contribution in [3.8, 4) is 0 Å². The summed E-state index contributed by atoms with van der Waals surface area (Å²) in [4.78, 5) is 7.02. The third-order valence-corrected chi connectivity index (χ3v) is 4.26. The molecule has 0 spiro atoms. The molecule has 5 heteroatoms. The Morgan fingerprint density at radius 2 is 1.76 bits per heavy atom. The lowest BCUT2D eigenvalue weighted by atomic mass is 9.97. The van der Waals surface area contributed by atoms with Gasteiger partial charge in [-0.05, 0) is 51.1 Å². The summed E-state index contributed by atoms with van der Waals surface area (Å²) in [7, 11) is 0. The van der Waals surface area contributed by atoms with E-state index in [1.807, 2.05) is 0 Å². The summed E-state index contributed by atoms with van der Waals surface area (Å²) in [5, 5.41) is 12.2. The van der Waals surface area contributed by atoms with Crippen molar-refractivity contribution in [1.29, 1.82) is 0 Å². The second kappa shape index (κ2) is 8.27. The molecule has 21 heavy (non-hydrogen) atoms. The van der Waals surface area contributed by atoms with Gasteiger partial charge in [0, 0.05) is 13.1 Å². The fourth-order valence-corrected chi connectivity index (χ4v) is 2.88. The monoisotopic (exact) mass is 291 g/mol. The van der Waals surface area contributed by atoms with Crippen molar-refractivity contribution in [3.63, 3.8) is 0 Å². The molecule has 0 radical (unpaired) electrons. The first-order valence-electron chi connectivity index (χ1n) is 8.46. The molecule has 0 aromatic carbocycles. The Hall–Kier alpha value is -1.23. The molecule has 2 rings (SSSR count). The molecular weight excluding hydrogens is 262 g/mol. The molecule has 0 bridgehead atoms. The molecule has 1 N–H and O–H groups in total. The van der Waals surface area contributed by atoms with Crippen LogP contribution in [-0.2, 0) is 12.8 Å². The largest absolute Gasteiger partial charge is 0.340 e. The Kier molecular flexibility index (Phi) is 6.36. The lowest BCUT2D eigenvalue weighted by Crippen LogP contribution is -2.38. The first kappa shape index (κ1) is 16.1. The Balaban J connectivity index is 1.90. The highest BCUT2D eigenvalue weighted by Crippen LogP contribution is 2.20. The van der Waals surface area contributed by atoms with Gasteiger partial charge in [-0.25, -0.2) is 4.98 Å². The summed E-state index contributed by atoms with van der Waals surface area (Å²) >= 11 is 0. The van der Waals surface area contributed by atoms with Crippen LogP contribution >= 0.6 is 0 Å². The number of anilines is 1. The molecule has 1 saturated heterocycles. The molecule has 0 unspecified atom stereocenters. The van der Waals surface area contributed by atoms with Gasteiger partial charge < -0.3 is 10.2 Å². The van der Waals surface area contributed by atoms with Crippen molar-refractivity contribution in [2.75, 3.05) is 31.1 Å². The third kappa shape index (κ3) is 4.37. The van der Waals surface area contributed by atoms with Gasteiger partial charge in [-0.15, -0.1) is 5.10 Å². The molecule has 1 aliphatic rings. The highest BCUT2D eigenvalue weighted by molar-refractivity contribution is 5.31. The van der Waals surface area contributed by atoms with Crippen molar-refractivity contribution in [2.45, 2.75) is 52.9 Å². The summed E-state index contributed by atoms with van der Waals surface area (Å²) in [5.74, 6) is 1.62. The van der Waals surface area contributed by atoms with Crippen molar-refractivity contribution in [1.82, 2.24) is 20.5 Å². The van der Waals surface area contributed by atoms with E-state index in [2.05, 4.69) is 41.2 Å². The summed E-state index contributed by atoms with van der Waals surface area (Å²) in [6.45, 7) is 10.8. The average molecular weight is 291 g/mol. The fourth-order valence-electron chi connectivity index (χ4n) is 2.88. The van der Waals surface area contributed by atoms with Crippen LogP contribution in [0.2, 0.25) is 0 Å². The molecule has 1 aliphatic heterocycles. The predicted molar refractivity (Wildman–Crippen MR) is 86.7 cm³/mol. The van der Waals surface area contributed by atoms with Crippen LogP contribution in [0, 0.1) is 5.92 Å². The first-order valence-corrected chi connectivity index (χ1v) is 8.46. The molecule has 0 amide bonds. The maximum atomic E-state index is 4.72. The van der Waals surface area contributed by atoms with Gasteiger partial charge in [0.1, 0.15) is 0 Å². The number of nitrogens with one attached hydrogen (secondary N) is 1. The minimum Gasteiger partial charge on any atom is -0.340 e. The van der Waals surface area contributed by atoms with E-state index in [1.165, 1.54) is 19.3 Å². The Labute approximate surface area is 128 Å². The van der Waals surface area contributed by atoms with Crippen LogP contribution in [0.25, 0.3) is 0 Å².